The predicted octanol–water partition coefficient (Wildman–Crippen LogP) is 1.27. The molecule has 1 aromatic carbocycles. The molecule has 27 heavy (non-hydrogen) atoms. The zero-order valence-corrected chi connectivity index (χ0v) is 14.5. The number of nitrogens with zero attached hydrogens (tertiary/aromatic N) is 1. The second-order valence-corrected chi connectivity index (χ2v) is 6.24. The van der Waals surface area contributed by atoms with Crippen LogP contribution in [0.5, 0.6) is 0 Å². The minimum Gasteiger partial charge on any atom is -0.349 e. The Balaban J connectivity index is 1.67. The summed E-state index contributed by atoms with van der Waals surface area (Å²) in [6.45, 7) is -0.550. The third-order valence-electron chi connectivity index (χ3n) is 4.03. The van der Waals surface area contributed by atoms with Crippen LogP contribution in [0.2, 0.25) is 0 Å². The van der Waals surface area contributed by atoms with Gasteiger partial charge >= 0.3 is 12.2 Å². The molecule has 0 saturated carbocycles. The molecule has 0 spiro atoms. The van der Waals surface area contributed by atoms with Crippen molar-refractivity contribution >= 4 is 17.8 Å². The standard InChI is InChI=1S/C17H21F3N4O3/c18-17(19,20)11-21-16(27)23-14(25)10-24-8-6-13(7-9-24)22-15(26)12-4-2-1-3-5-12/h1-5,13H,6-11H2,(H,22,26)(H2,21,23,25,27). The Morgan fingerprint density at radius 2 is 1.70 bits per heavy atom. The van der Waals surface area contributed by atoms with Crippen molar-refractivity contribution in [2.75, 3.05) is 26.2 Å². The maximum atomic E-state index is 12.1. The van der Waals surface area contributed by atoms with Crippen LogP contribution in [0.25, 0.3) is 0 Å². The zero-order valence-electron chi connectivity index (χ0n) is 14.5. The SMILES string of the molecule is O=C(CN1CCC(NC(=O)c2ccccc2)CC1)NC(=O)NCC(F)(F)F. The minimum absolute atomic E-state index is 0.0212. The second-order valence-electron chi connectivity index (χ2n) is 6.24. The first kappa shape index (κ1) is 20.7. The molecule has 0 radical (unpaired) electrons. The molecule has 3 N–H and O–H groups in total. The summed E-state index contributed by atoms with van der Waals surface area (Å²) >= 11 is 0. The summed E-state index contributed by atoms with van der Waals surface area (Å²) in [7, 11) is 0. The number of imide groups is 1. The van der Waals surface area contributed by atoms with E-state index in [0.717, 1.165) is 0 Å². The first-order chi connectivity index (χ1) is 12.7. The summed E-state index contributed by atoms with van der Waals surface area (Å²) in [5, 5.41) is 6.37. The molecule has 0 bridgehead atoms. The van der Waals surface area contributed by atoms with E-state index in [1.165, 1.54) is 0 Å². The number of amides is 4. The molecular weight excluding hydrogens is 365 g/mol. The molecule has 1 aliphatic heterocycles. The van der Waals surface area contributed by atoms with Crippen LogP contribution in [0, 0.1) is 0 Å². The summed E-state index contributed by atoms with van der Waals surface area (Å²) < 4.78 is 36.0. The predicted molar refractivity (Wildman–Crippen MR) is 91.0 cm³/mol. The highest BCUT2D eigenvalue weighted by atomic mass is 19.4. The van der Waals surface area contributed by atoms with Gasteiger partial charge in [0.15, 0.2) is 0 Å². The molecule has 1 heterocycles. The minimum atomic E-state index is -4.54. The fraction of sp³-hybridized carbons (Fsp3) is 0.471. The van der Waals surface area contributed by atoms with Gasteiger partial charge < -0.3 is 10.6 Å². The van der Waals surface area contributed by atoms with E-state index in [-0.39, 0.29) is 18.5 Å². The van der Waals surface area contributed by atoms with Crippen molar-refractivity contribution in [1.29, 1.82) is 0 Å². The molecule has 0 atom stereocenters. The molecule has 0 aliphatic carbocycles. The second kappa shape index (κ2) is 9.36. The van der Waals surface area contributed by atoms with Crippen LogP contribution in [-0.4, -0.2) is 61.1 Å². The van der Waals surface area contributed by atoms with Gasteiger partial charge in [-0.1, -0.05) is 18.2 Å². The fourth-order valence-corrected chi connectivity index (χ4v) is 2.69. The van der Waals surface area contributed by atoms with E-state index in [2.05, 4.69) is 5.32 Å². The van der Waals surface area contributed by atoms with Crippen LogP contribution >= 0.6 is 0 Å². The van der Waals surface area contributed by atoms with E-state index >= 15 is 0 Å². The van der Waals surface area contributed by atoms with Gasteiger partial charge in [0.2, 0.25) is 5.91 Å². The van der Waals surface area contributed by atoms with Crippen molar-refractivity contribution in [1.82, 2.24) is 20.9 Å². The van der Waals surface area contributed by atoms with E-state index in [9.17, 15) is 27.6 Å². The number of nitrogens with one attached hydrogen (secondary N) is 3. The Hall–Kier alpha value is -2.62. The maximum absolute atomic E-state index is 12.1. The summed E-state index contributed by atoms with van der Waals surface area (Å²) in [5.41, 5.74) is 0.573. The number of benzene rings is 1. The van der Waals surface area contributed by atoms with Gasteiger partial charge in [0.25, 0.3) is 5.91 Å². The Labute approximate surface area is 154 Å². The van der Waals surface area contributed by atoms with Crippen LogP contribution in [0.15, 0.2) is 30.3 Å². The Morgan fingerprint density at radius 3 is 2.30 bits per heavy atom. The number of piperidine rings is 1. The van der Waals surface area contributed by atoms with Crippen molar-refractivity contribution in [2.45, 2.75) is 25.1 Å². The van der Waals surface area contributed by atoms with Gasteiger partial charge in [0.05, 0.1) is 6.54 Å². The monoisotopic (exact) mass is 386 g/mol. The summed E-state index contributed by atoms with van der Waals surface area (Å²) in [4.78, 5) is 36.9. The smallest absolute Gasteiger partial charge is 0.349 e. The lowest BCUT2D eigenvalue weighted by atomic mass is 10.0. The molecule has 1 aliphatic rings. The number of hydrogen-bond donors (Lipinski definition) is 3. The molecule has 1 fully saturated rings. The number of rotatable bonds is 5. The maximum Gasteiger partial charge on any atom is 0.405 e. The topological polar surface area (TPSA) is 90.5 Å². The first-order valence-electron chi connectivity index (χ1n) is 8.45. The summed E-state index contributed by atoms with van der Waals surface area (Å²) in [5.74, 6) is -0.838. The van der Waals surface area contributed by atoms with Gasteiger partial charge in [-0.05, 0) is 25.0 Å². The number of carbonyl (C=O) groups is 3. The van der Waals surface area contributed by atoms with Gasteiger partial charge in [0.1, 0.15) is 6.54 Å². The van der Waals surface area contributed by atoms with Gasteiger partial charge in [-0.2, -0.15) is 13.2 Å². The van der Waals surface area contributed by atoms with Crippen molar-refractivity contribution in [3.63, 3.8) is 0 Å². The Bertz CT molecular complexity index is 659. The highest BCUT2D eigenvalue weighted by Crippen LogP contribution is 2.12. The molecule has 0 unspecified atom stereocenters. The highest BCUT2D eigenvalue weighted by molar-refractivity contribution is 5.95. The quantitative estimate of drug-likeness (QED) is 0.711. The molecular formula is C17H21F3N4O3. The number of hydrogen-bond acceptors (Lipinski definition) is 4. The van der Waals surface area contributed by atoms with Gasteiger partial charge in [-0.3, -0.25) is 19.8 Å². The van der Waals surface area contributed by atoms with E-state index < -0.39 is 24.7 Å². The van der Waals surface area contributed by atoms with E-state index in [0.29, 0.717) is 31.5 Å². The molecule has 7 nitrogen and oxygen atoms in total. The summed E-state index contributed by atoms with van der Waals surface area (Å²) in [6, 6.07) is 7.62. The normalized spacial score (nSPS) is 15.8. The summed E-state index contributed by atoms with van der Waals surface area (Å²) in [6.07, 6.45) is -3.27. The Morgan fingerprint density at radius 1 is 1.07 bits per heavy atom. The van der Waals surface area contributed by atoms with Crippen molar-refractivity contribution in [3.8, 4) is 0 Å². The number of carbonyl (C=O) groups excluding carboxylic acids is 3. The number of urea groups is 1. The third kappa shape index (κ3) is 7.65. The molecule has 0 aromatic heterocycles. The fourth-order valence-electron chi connectivity index (χ4n) is 2.69. The van der Waals surface area contributed by atoms with Crippen LogP contribution in [-0.2, 0) is 4.79 Å². The number of likely N-dealkylation sites (tertiary alicyclic amines) is 1. The Kier molecular flexibility index (Phi) is 7.17. The zero-order chi connectivity index (χ0) is 19.9. The lowest BCUT2D eigenvalue weighted by Crippen LogP contribution is -2.50. The number of halogens is 3. The molecule has 148 valence electrons. The van der Waals surface area contributed by atoms with E-state index in [1.54, 1.807) is 34.5 Å². The van der Waals surface area contributed by atoms with Crippen LogP contribution < -0.4 is 16.0 Å². The van der Waals surface area contributed by atoms with Gasteiger partial charge in [0, 0.05) is 24.7 Å². The van der Waals surface area contributed by atoms with Crippen molar-refractivity contribution < 1.29 is 27.6 Å². The lowest BCUT2D eigenvalue weighted by molar-refractivity contribution is -0.125. The number of alkyl halides is 3. The molecule has 1 saturated heterocycles. The van der Waals surface area contributed by atoms with E-state index in [4.69, 9.17) is 0 Å². The van der Waals surface area contributed by atoms with Gasteiger partial charge in [-0.15, -0.1) is 0 Å². The van der Waals surface area contributed by atoms with Crippen LogP contribution in [0.4, 0.5) is 18.0 Å². The van der Waals surface area contributed by atoms with Crippen LogP contribution in [0.3, 0.4) is 0 Å². The molecule has 2 rings (SSSR count). The largest absolute Gasteiger partial charge is 0.405 e. The lowest BCUT2D eigenvalue weighted by Gasteiger charge is -2.31. The average Bonchev–Trinajstić information content (AvgIpc) is 2.62. The molecule has 4 amide bonds. The highest BCUT2D eigenvalue weighted by Gasteiger charge is 2.28. The van der Waals surface area contributed by atoms with Crippen LogP contribution in [0.1, 0.15) is 23.2 Å². The van der Waals surface area contributed by atoms with Crippen molar-refractivity contribution in [2.24, 2.45) is 0 Å². The molecule has 10 heteroatoms. The van der Waals surface area contributed by atoms with Crippen molar-refractivity contribution in [3.05, 3.63) is 35.9 Å². The molecule has 1 aromatic rings. The third-order valence-corrected chi connectivity index (χ3v) is 4.03. The average molecular weight is 386 g/mol. The first-order valence-corrected chi connectivity index (χ1v) is 8.45. The van der Waals surface area contributed by atoms with Gasteiger partial charge in [-0.25, -0.2) is 4.79 Å². The van der Waals surface area contributed by atoms with E-state index in [1.807, 2.05) is 11.4 Å².